The van der Waals surface area contributed by atoms with Gasteiger partial charge in [0.2, 0.25) is 5.78 Å². The third-order valence-electron chi connectivity index (χ3n) is 2.60. The van der Waals surface area contributed by atoms with Gasteiger partial charge in [-0.25, -0.2) is 4.98 Å². The van der Waals surface area contributed by atoms with Crippen molar-refractivity contribution >= 4 is 5.78 Å². The van der Waals surface area contributed by atoms with Crippen molar-refractivity contribution in [3.63, 3.8) is 0 Å². The van der Waals surface area contributed by atoms with Crippen molar-refractivity contribution in [2.75, 3.05) is 13.7 Å². The summed E-state index contributed by atoms with van der Waals surface area (Å²) in [5.41, 5.74) is 6.36. The Kier molecular flexibility index (Phi) is 3.74. The fourth-order valence-corrected chi connectivity index (χ4v) is 1.72. The van der Waals surface area contributed by atoms with Gasteiger partial charge in [0.05, 0.1) is 19.0 Å². The topological polar surface area (TPSA) is 70.1 Å². The third-order valence-corrected chi connectivity index (χ3v) is 2.60. The molecule has 1 heterocycles. The van der Waals surface area contributed by atoms with E-state index in [0.717, 1.165) is 0 Å². The third kappa shape index (κ3) is 2.41. The number of benzene rings is 1. The van der Waals surface area contributed by atoms with Crippen molar-refractivity contribution in [3.05, 3.63) is 48.0 Å². The maximum Gasteiger partial charge on any atom is 0.216 e. The quantitative estimate of drug-likeness (QED) is 0.800. The molecule has 5 nitrogen and oxygen atoms in total. The number of nitrogens with two attached hydrogens (primary N) is 1. The highest BCUT2D eigenvalue weighted by Gasteiger charge is 2.16. The minimum Gasteiger partial charge on any atom is -0.496 e. The number of aromatic nitrogens is 2. The molecule has 1 aromatic heterocycles. The molecule has 0 atom stereocenters. The van der Waals surface area contributed by atoms with Crippen LogP contribution in [0.5, 0.6) is 5.75 Å². The van der Waals surface area contributed by atoms with Crippen LogP contribution in [0.15, 0.2) is 36.8 Å². The van der Waals surface area contributed by atoms with Crippen LogP contribution in [0.3, 0.4) is 0 Å². The first kappa shape index (κ1) is 12.3. The number of carbonyl (C=O) groups excluding carboxylic acids is 1. The largest absolute Gasteiger partial charge is 0.496 e. The number of methoxy groups -OCH3 is 1. The van der Waals surface area contributed by atoms with Crippen molar-refractivity contribution in [2.24, 2.45) is 5.73 Å². The van der Waals surface area contributed by atoms with Crippen molar-refractivity contribution in [2.45, 2.75) is 6.54 Å². The number of carbonyl (C=O) groups is 1. The molecule has 0 fully saturated rings. The molecule has 0 amide bonds. The molecule has 1 aromatic carbocycles. The van der Waals surface area contributed by atoms with Gasteiger partial charge in [0.25, 0.3) is 0 Å². The first-order chi connectivity index (χ1) is 8.76. The van der Waals surface area contributed by atoms with Crippen LogP contribution in [0.2, 0.25) is 0 Å². The zero-order chi connectivity index (χ0) is 13.0. The van der Waals surface area contributed by atoms with Crippen LogP contribution in [-0.4, -0.2) is 29.0 Å². The molecule has 0 radical (unpaired) electrons. The smallest absolute Gasteiger partial charge is 0.216 e. The number of hydrogen-bond acceptors (Lipinski definition) is 4. The van der Waals surface area contributed by atoms with Crippen LogP contribution in [0.25, 0.3) is 0 Å². The van der Waals surface area contributed by atoms with E-state index in [1.54, 1.807) is 42.4 Å². The molecule has 18 heavy (non-hydrogen) atoms. The predicted molar refractivity (Wildman–Crippen MR) is 67.7 cm³/mol. The van der Waals surface area contributed by atoms with Crippen LogP contribution in [-0.2, 0) is 6.54 Å². The molecule has 0 aliphatic carbocycles. The standard InChI is InChI=1S/C13H15N3O2/c1-18-12-5-3-2-4-10(12)13(17)11-8-16(7-6-14)9-15-11/h2-5,8-9H,6-7,14H2,1H3. The van der Waals surface area contributed by atoms with Gasteiger partial charge in [-0.1, -0.05) is 12.1 Å². The van der Waals surface area contributed by atoms with Gasteiger partial charge in [-0.2, -0.15) is 0 Å². The number of hydrogen-bond donors (Lipinski definition) is 1. The van der Waals surface area contributed by atoms with Crippen molar-refractivity contribution < 1.29 is 9.53 Å². The van der Waals surface area contributed by atoms with E-state index in [9.17, 15) is 4.79 Å². The van der Waals surface area contributed by atoms with Gasteiger partial charge in [-0.15, -0.1) is 0 Å². The normalized spacial score (nSPS) is 10.3. The summed E-state index contributed by atoms with van der Waals surface area (Å²) in [6, 6.07) is 7.10. The van der Waals surface area contributed by atoms with Crippen LogP contribution in [0, 0.1) is 0 Å². The summed E-state index contributed by atoms with van der Waals surface area (Å²) in [4.78, 5) is 16.3. The fraction of sp³-hybridized carbons (Fsp3) is 0.231. The summed E-state index contributed by atoms with van der Waals surface area (Å²) in [6.07, 6.45) is 3.30. The lowest BCUT2D eigenvalue weighted by Crippen LogP contribution is -2.08. The van der Waals surface area contributed by atoms with E-state index in [4.69, 9.17) is 10.5 Å². The van der Waals surface area contributed by atoms with Gasteiger partial charge in [0.15, 0.2) is 0 Å². The molecule has 2 aromatic rings. The van der Waals surface area contributed by atoms with E-state index in [1.165, 1.54) is 0 Å². The van der Waals surface area contributed by atoms with Crippen molar-refractivity contribution in [1.29, 1.82) is 0 Å². The van der Waals surface area contributed by atoms with E-state index in [-0.39, 0.29) is 5.78 Å². The van der Waals surface area contributed by atoms with Gasteiger partial charge in [-0.3, -0.25) is 4.79 Å². The number of nitrogens with zero attached hydrogens (tertiary/aromatic N) is 2. The Bertz CT molecular complexity index is 549. The Balaban J connectivity index is 2.29. The van der Waals surface area contributed by atoms with Crippen LogP contribution in [0.4, 0.5) is 0 Å². The van der Waals surface area contributed by atoms with E-state index >= 15 is 0 Å². The number of ether oxygens (including phenoxy) is 1. The first-order valence-corrected chi connectivity index (χ1v) is 5.66. The number of ketones is 1. The number of para-hydroxylation sites is 1. The Labute approximate surface area is 105 Å². The molecular formula is C13H15N3O2. The van der Waals surface area contributed by atoms with Crippen LogP contribution < -0.4 is 10.5 Å². The molecule has 0 saturated heterocycles. The molecule has 0 aliphatic heterocycles. The first-order valence-electron chi connectivity index (χ1n) is 5.66. The zero-order valence-electron chi connectivity index (χ0n) is 10.2. The molecule has 0 unspecified atom stereocenters. The van der Waals surface area contributed by atoms with E-state index in [2.05, 4.69) is 4.98 Å². The molecule has 2 rings (SSSR count). The molecule has 94 valence electrons. The lowest BCUT2D eigenvalue weighted by atomic mass is 10.1. The minimum atomic E-state index is -0.150. The summed E-state index contributed by atoms with van der Waals surface area (Å²) in [7, 11) is 1.54. The molecular weight excluding hydrogens is 230 g/mol. The molecule has 0 aliphatic rings. The molecule has 0 bridgehead atoms. The lowest BCUT2D eigenvalue weighted by Gasteiger charge is -2.05. The van der Waals surface area contributed by atoms with Gasteiger partial charge < -0.3 is 15.0 Å². The van der Waals surface area contributed by atoms with Gasteiger partial charge in [-0.05, 0) is 12.1 Å². The Hall–Kier alpha value is -2.14. The number of imidazole rings is 1. The van der Waals surface area contributed by atoms with E-state index < -0.39 is 0 Å². The Morgan fingerprint density at radius 1 is 1.44 bits per heavy atom. The lowest BCUT2D eigenvalue weighted by molar-refractivity contribution is 0.103. The fourth-order valence-electron chi connectivity index (χ4n) is 1.72. The SMILES string of the molecule is COc1ccccc1C(=O)c1cn(CCN)cn1. The van der Waals surface area contributed by atoms with Gasteiger partial charge >= 0.3 is 0 Å². The molecule has 0 saturated carbocycles. The van der Waals surface area contributed by atoms with Gasteiger partial charge in [0.1, 0.15) is 11.4 Å². The highest BCUT2D eigenvalue weighted by Crippen LogP contribution is 2.20. The second-order valence-electron chi connectivity index (χ2n) is 3.81. The predicted octanol–water partition coefficient (Wildman–Crippen LogP) is 1.08. The maximum absolute atomic E-state index is 12.3. The zero-order valence-corrected chi connectivity index (χ0v) is 10.2. The average Bonchev–Trinajstić information content (AvgIpc) is 2.87. The van der Waals surface area contributed by atoms with E-state index in [1.807, 2.05) is 6.07 Å². The maximum atomic E-state index is 12.3. The van der Waals surface area contributed by atoms with Gasteiger partial charge in [0, 0.05) is 19.3 Å². The highest BCUT2D eigenvalue weighted by molar-refractivity contribution is 6.09. The average molecular weight is 245 g/mol. The summed E-state index contributed by atoms with van der Waals surface area (Å²) >= 11 is 0. The summed E-state index contributed by atoms with van der Waals surface area (Å²) in [5.74, 6) is 0.402. The highest BCUT2D eigenvalue weighted by atomic mass is 16.5. The monoisotopic (exact) mass is 245 g/mol. The van der Waals surface area contributed by atoms with Crippen LogP contribution in [0.1, 0.15) is 16.1 Å². The molecule has 5 heteroatoms. The second-order valence-corrected chi connectivity index (χ2v) is 3.81. The summed E-state index contributed by atoms with van der Waals surface area (Å²) < 4.78 is 6.96. The summed E-state index contributed by atoms with van der Waals surface area (Å²) in [5, 5.41) is 0. The molecule has 0 spiro atoms. The summed E-state index contributed by atoms with van der Waals surface area (Å²) in [6.45, 7) is 1.16. The Morgan fingerprint density at radius 3 is 2.94 bits per heavy atom. The van der Waals surface area contributed by atoms with Crippen molar-refractivity contribution in [3.8, 4) is 5.75 Å². The molecule has 2 N–H and O–H groups in total. The second kappa shape index (κ2) is 5.46. The Morgan fingerprint density at radius 2 is 2.22 bits per heavy atom. The van der Waals surface area contributed by atoms with Crippen LogP contribution >= 0.6 is 0 Å². The number of rotatable bonds is 5. The minimum absolute atomic E-state index is 0.150. The van der Waals surface area contributed by atoms with E-state index in [0.29, 0.717) is 30.1 Å². The van der Waals surface area contributed by atoms with Crippen molar-refractivity contribution in [1.82, 2.24) is 9.55 Å².